The third kappa shape index (κ3) is 3.39. The summed E-state index contributed by atoms with van der Waals surface area (Å²) in [4.78, 5) is 16.6. The van der Waals surface area contributed by atoms with Crippen LogP contribution >= 0.6 is 0 Å². The molecule has 118 valence electrons. The van der Waals surface area contributed by atoms with Crippen LogP contribution in [0, 0.1) is 0 Å². The van der Waals surface area contributed by atoms with Crippen molar-refractivity contribution in [1.82, 2.24) is 40.7 Å². The van der Waals surface area contributed by atoms with Crippen LogP contribution in [0.1, 0.15) is 42.1 Å². The summed E-state index contributed by atoms with van der Waals surface area (Å²) in [6.07, 6.45) is 6.64. The maximum absolute atomic E-state index is 12.5. The van der Waals surface area contributed by atoms with Gasteiger partial charge in [0.2, 0.25) is 0 Å². The van der Waals surface area contributed by atoms with Gasteiger partial charge in [-0.05, 0) is 24.6 Å². The van der Waals surface area contributed by atoms with Crippen LogP contribution in [0.5, 0.6) is 0 Å². The highest BCUT2D eigenvalue weighted by Crippen LogP contribution is 2.14. The fourth-order valence-corrected chi connectivity index (χ4v) is 2.21. The van der Waals surface area contributed by atoms with Crippen LogP contribution in [0.4, 0.5) is 0 Å². The number of carbonyl (C=O) groups is 1. The van der Waals surface area contributed by atoms with Gasteiger partial charge in [-0.2, -0.15) is 10.3 Å². The summed E-state index contributed by atoms with van der Waals surface area (Å²) in [5.41, 5.74) is 1.07. The number of hydrogen-bond donors (Lipinski definition) is 2. The van der Waals surface area contributed by atoms with Crippen LogP contribution in [0.15, 0.2) is 36.8 Å². The molecule has 9 nitrogen and oxygen atoms in total. The number of tetrazole rings is 1. The number of H-pyrrole nitrogens is 1. The Kier molecular flexibility index (Phi) is 4.37. The summed E-state index contributed by atoms with van der Waals surface area (Å²) in [6, 6.07) is 4.98. The molecule has 0 aliphatic rings. The van der Waals surface area contributed by atoms with E-state index in [4.69, 9.17) is 0 Å². The Morgan fingerprint density at radius 1 is 1.43 bits per heavy atom. The highest BCUT2D eigenvalue weighted by Gasteiger charge is 2.19. The number of hydrogen-bond acceptors (Lipinski definition) is 6. The van der Waals surface area contributed by atoms with E-state index < -0.39 is 0 Å². The van der Waals surface area contributed by atoms with Gasteiger partial charge in [0.1, 0.15) is 5.69 Å². The van der Waals surface area contributed by atoms with Crippen molar-refractivity contribution in [3.63, 3.8) is 0 Å². The molecule has 3 heterocycles. The van der Waals surface area contributed by atoms with Gasteiger partial charge in [-0.25, -0.2) is 4.68 Å². The average molecular weight is 312 g/mol. The number of nitrogens with zero attached hydrogens (tertiary/aromatic N) is 6. The molecule has 0 saturated carbocycles. The van der Waals surface area contributed by atoms with Crippen molar-refractivity contribution in [3.05, 3.63) is 48.3 Å². The molecule has 0 fully saturated rings. The number of amides is 1. The molecule has 0 saturated heterocycles. The fourth-order valence-electron chi connectivity index (χ4n) is 2.21. The molecule has 0 aromatic carbocycles. The summed E-state index contributed by atoms with van der Waals surface area (Å²) in [5.74, 6) is 0.172. The Morgan fingerprint density at radius 2 is 2.35 bits per heavy atom. The lowest BCUT2D eigenvalue weighted by atomic mass is 10.1. The van der Waals surface area contributed by atoms with Gasteiger partial charge < -0.3 is 5.32 Å². The van der Waals surface area contributed by atoms with Gasteiger partial charge in [-0.15, -0.1) is 10.2 Å². The standard InChI is InChI=1S/C14H16N8O/c1-2-4-11(13-18-20-21-19-13)17-14(23)12-9-10(5-7-15-12)22-8-3-6-16-22/h3,5-9,11H,2,4H2,1H3,(H,17,23)(H,18,19,20,21)/t11-/m1/s1. The van der Waals surface area contributed by atoms with Gasteiger partial charge >= 0.3 is 0 Å². The molecule has 0 unspecified atom stereocenters. The van der Waals surface area contributed by atoms with Crippen molar-refractivity contribution < 1.29 is 4.79 Å². The number of nitrogens with one attached hydrogen (secondary N) is 2. The predicted octanol–water partition coefficient (Wildman–Crippen LogP) is 1.05. The van der Waals surface area contributed by atoms with E-state index in [1.165, 1.54) is 0 Å². The molecule has 3 rings (SSSR count). The first-order chi connectivity index (χ1) is 11.3. The molecule has 0 radical (unpaired) electrons. The molecule has 0 aliphatic carbocycles. The minimum absolute atomic E-state index is 0.290. The maximum Gasteiger partial charge on any atom is 0.270 e. The molecule has 3 aromatic rings. The van der Waals surface area contributed by atoms with Crippen molar-refractivity contribution >= 4 is 5.91 Å². The molecule has 0 bridgehead atoms. The van der Waals surface area contributed by atoms with Crippen LogP contribution in [-0.2, 0) is 0 Å². The zero-order valence-corrected chi connectivity index (χ0v) is 12.5. The lowest BCUT2D eigenvalue weighted by Crippen LogP contribution is -2.30. The zero-order chi connectivity index (χ0) is 16.1. The van der Waals surface area contributed by atoms with Crippen LogP contribution in [0.25, 0.3) is 5.69 Å². The van der Waals surface area contributed by atoms with Gasteiger partial charge in [0.05, 0.1) is 11.7 Å². The lowest BCUT2D eigenvalue weighted by molar-refractivity contribution is 0.0927. The number of pyridine rings is 1. The predicted molar refractivity (Wildman–Crippen MR) is 80.7 cm³/mol. The van der Waals surface area contributed by atoms with Gasteiger partial charge in [-0.1, -0.05) is 18.6 Å². The molecular formula is C14H16N8O. The van der Waals surface area contributed by atoms with Gasteiger partial charge in [0.15, 0.2) is 5.82 Å². The van der Waals surface area contributed by atoms with Gasteiger partial charge in [0.25, 0.3) is 5.91 Å². The Bertz CT molecular complexity index is 753. The number of carbonyl (C=O) groups excluding carboxylic acids is 1. The number of rotatable bonds is 6. The molecule has 3 aromatic heterocycles. The molecule has 1 amide bonds. The first-order valence-corrected chi connectivity index (χ1v) is 7.28. The second-order valence-corrected chi connectivity index (χ2v) is 4.93. The number of aromatic nitrogens is 7. The first-order valence-electron chi connectivity index (χ1n) is 7.28. The molecule has 2 N–H and O–H groups in total. The van der Waals surface area contributed by atoms with E-state index in [-0.39, 0.29) is 11.9 Å². The minimum Gasteiger partial charge on any atom is -0.341 e. The van der Waals surface area contributed by atoms with E-state index in [1.807, 2.05) is 13.0 Å². The lowest BCUT2D eigenvalue weighted by Gasteiger charge is -2.14. The Balaban J connectivity index is 1.78. The molecular weight excluding hydrogens is 296 g/mol. The SMILES string of the molecule is CCC[C@@H](NC(=O)c1cc(-n2cccn2)ccn1)c1nn[nH]n1. The Labute approximate surface area is 132 Å². The van der Waals surface area contributed by atoms with Crippen LogP contribution < -0.4 is 5.32 Å². The molecule has 1 atom stereocenters. The van der Waals surface area contributed by atoms with E-state index in [2.05, 4.69) is 36.0 Å². The maximum atomic E-state index is 12.5. The second kappa shape index (κ2) is 6.77. The smallest absolute Gasteiger partial charge is 0.270 e. The van der Waals surface area contributed by atoms with Crippen molar-refractivity contribution in [3.8, 4) is 5.69 Å². The van der Waals surface area contributed by atoms with E-state index in [9.17, 15) is 4.79 Å². The van der Waals surface area contributed by atoms with E-state index in [0.29, 0.717) is 17.9 Å². The van der Waals surface area contributed by atoms with Crippen LogP contribution in [-0.4, -0.2) is 41.3 Å². The first kappa shape index (κ1) is 14.8. The van der Waals surface area contributed by atoms with E-state index >= 15 is 0 Å². The van der Waals surface area contributed by atoms with Crippen LogP contribution in [0.3, 0.4) is 0 Å². The molecule has 0 aliphatic heterocycles. The van der Waals surface area contributed by atoms with Crippen molar-refractivity contribution in [2.75, 3.05) is 0 Å². The summed E-state index contributed by atoms with van der Waals surface area (Å²) >= 11 is 0. The summed E-state index contributed by atoms with van der Waals surface area (Å²) in [5, 5.41) is 20.9. The summed E-state index contributed by atoms with van der Waals surface area (Å²) in [6.45, 7) is 2.02. The number of aromatic amines is 1. The third-order valence-corrected chi connectivity index (χ3v) is 3.30. The van der Waals surface area contributed by atoms with Crippen molar-refractivity contribution in [2.45, 2.75) is 25.8 Å². The van der Waals surface area contributed by atoms with E-state index in [0.717, 1.165) is 12.1 Å². The molecule has 23 heavy (non-hydrogen) atoms. The Morgan fingerprint density at radius 3 is 3.04 bits per heavy atom. The largest absolute Gasteiger partial charge is 0.341 e. The topological polar surface area (TPSA) is 114 Å². The van der Waals surface area contributed by atoms with Gasteiger partial charge in [-0.3, -0.25) is 9.78 Å². The minimum atomic E-state index is -0.304. The summed E-state index contributed by atoms with van der Waals surface area (Å²) < 4.78 is 1.67. The summed E-state index contributed by atoms with van der Waals surface area (Å²) in [7, 11) is 0. The van der Waals surface area contributed by atoms with Crippen molar-refractivity contribution in [2.24, 2.45) is 0 Å². The average Bonchev–Trinajstić information content (AvgIpc) is 3.28. The van der Waals surface area contributed by atoms with Gasteiger partial charge in [0, 0.05) is 18.6 Å². The van der Waals surface area contributed by atoms with Crippen LogP contribution in [0.2, 0.25) is 0 Å². The Hall–Kier alpha value is -3.10. The highest BCUT2D eigenvalue weighted by atomic mass is 16.2. The zero-order valence-electron chi connectivity index (χ0n) is 12.5. The highest BCUT2D eigenvalue weighted by molar-refractivity contribution is 5.92. The van der Waals surface area contributed by atoms with Crippen molar-refractivity contribution in [1.29, 1.82) is 0 Å². The third-order valence-electron chi connectivity index (χ3n) is 3.30. The fraction of sp³-hybridized carbons (Fsp3) is 0.286. The second-order valence-electron chi connectivity index (χ2n) is 4.93. The van der Waals surface area contributed by atoms with E-state index in [1.54, 1.807) is 35.4 Å². The molecule has 9 heteroatoms. The monoisotopic (exact) mass is 312 g/mol. The normalized spacial score (nSPS) is 12.0. The molecule has 0 spiro atoms. The quantitative estimate of drug-likeness (QED) is 0.703.